The van der Waals surface area contributed by atoms with Gasteiger partial charge in [-0.15, -0.1) is 5.10 Å². The molecule has 1 aliphatic heterocycles. The second kappa shape index (κ2) is 5.06. The molecule has 1 fully saturated rings. The largest absolute Gasteiger partial charge is 0.367 e. The molecule has 1 atom stereocenters. The summed E-state index contributed by atoms with van der Waals surface area (Å²) in [6, 6.07) is 0.477. The Morgan fingerprint density at radius 3 is 3.11 bits per heavy atom. The van der Waals surface area contributed by atoms with Gasteiger partial charge in [0, 0.05) is 32.2 Å². The monoisotopic (exact) mass is 262 g/mol. The van der Waals surface area contributed by atoms with Crippen molar-refractivity contribution in [2.45, 2.75) is 6.04 Å². The topological polar surface area (TPSA) is 74.5 Å². The molecule has 2 aromatic rings. The molecule has 102 valence electrons. The van der Waals surface area contributed by atoms with Crippen molar-refractivity contribution in [1.29, 1.82) is 0 Å². The predicted molar refractivity (Wildman–Crippen MR) is 71.0 cm³/mol. The normalized spacial score (nSPS) is 21.9. The molecule has 3 heterocycles. The van der Waals surface area contributed by atoms with Gasteiger partial charge in [-0.05, 0) is 24.5 Å². The Kier molecular flexibility index (Phi) is 3.26. The van der Waals surface area contributed by atoms with Crippen LogP contribution in [0.25, 0.3) is 5.65 Å². The van der Waals surface area contributed by atoms with E-state index in [1.807, 2.05) is 0 Å². The highest BCUT2D eigenvalue weighted by Gasteiger charge is 2.22. The van der Waals surface area contributed by atoms with Crippen LogP contribution in [0.15, 0.2) is 12.4 Å². The van der Waals surface area contributed by atoms with Crippen molar-refractivity contribution < 1.29 is 0 Å². The number of nitrogens with one attached hydrogen (secondary N) is 1. The Balaban J connectivity index is 1.70. The summed E-state index contributed by atoms with van der Waals surface area (Å²) in [5.41, 5.74) is 0.652. The van der Waals surface area contributed by atoms with Gasteiger partial charge in [0.15, 0.2) is 5.65 Å². The minimum atomic E-state index is 0.477. The van der Waals surface area contributed by atoms with Crippen LogP contribution in [0.2, 0.25) is 0 Å². The number of anilines is 1. The molecule has 1 unspecified atom stereocenters. The Bertz CT molecular complexity index is 552. The zero-order valence-electron chi connectivity index (χ0n) is 11.2. The maximum atomic E-state index is 4.13. The molecular weight excluding hydrogens is 244 g/mol. The molecule has 0 saturated carbocycles. The summed E-state index contributed by atoms with van der Waals surface area (Å²) in [6.45, 7) is 4.12. The van der Waals surface area contributed by atoms with Crippen molar-refractivity contribution >= 4 is 11.5 Å². The quantitative estimate of drug-likeness (QED) is 0.774. The standard InChI is InChI=1S/C11H18N8/c1-17-3-4-18(2)9(8-17)5-13-10-6-12-7-11-14-15-16-19(10)11/h6-7,9,13H,3-5,8H2,1-2H3. The average Bonchev–Trinajstić information content (AvgIpc) is 2.88. The molecule has 3 rings (SSSR count). The minimum Gasteiger partial charge on any atom is -0.367 e. The van der Waals surface area contributed by atoms with E-state index in [-0.39, 0.29) is 0 Å². The van der Waals surface area contributed by atoms with E-state index in [0.29, 0.717) is 11.7 Å². The van der Waals surface area contributed by atoms with Crippen molar-refractivity contribution in [1.82, 2.24) is 34.8 Å². The third-order valence-corrected chi connectivity index (χ3v) is 3.61. The van der Waals surface area contributed by atoms with Gasteiger partial charge < -0.3 is 10.2 Å². The second-order valence-electron chi connectivity index (χ2n) is 5.02. The highest BCUT2D eigenvalue weighted by atomic mass is 15.5. The number of rotatable bonds is 3. The van der Waals surface area contributed by atoms with Crippen LogP contribution in [0.1, 0.15) is 0 Å². The molecule has 0 aliphatic carbocycles. The molecule has 1 saturated heterocycles. The summed E-state index contributed by atoms with van der Waals surface area (Å²) >= 11 is 0. The Labute approximate surface area is 111 Å². The third kappa shape index (κ3) is 2.49. The molecule has 0 spiro atoms. The fourth-order valence-corrected chi connectivity index (χ4v) is 2.34. The minimum absolute atomic E-state index is 0.477. The van der Waals surface area contributed by atoms with Gasteiger partial charge in [-0.25, -0.2) is 0 Å². The SMILES string of the molecule is CN1CCN(C)C(CNc2cncc3nnnn23)C1. The van der Waals surface area contributed by atoms with Gasteiger partial charge in [0.05, 0.1) is 12.4 Å². The van der Waals surface area contributed by atoms with Gasteiger partial charge in [-0.3, -0.25) is 9.88 Å². The van der Waals surface area contributed by atoms with Gasteiger partial charge in [-0.1, -0.05) is 0 Å². The fraction of sp³-hybridized carbons (Fsp3) is 0.636. The number of hydrogen-bond acceptors (Lipinski definition) is 7. The summed E-state index contributed by atoms with van der Waals surface area (Å²) in [4.78, 5) is 8.86. The Hall–Kier alpha value is -1.80. The van der Waals surface area contributed by atoms with E-state index in [9.17, 15) is 0 Å². The highest BCUT2D eigenvalue weighted by molar-refractivity contribution is 5.43. The maximum Gasteiger partial charge on any atom is 0.199 e. The van der Waals surface area contributed by atoms with Crippen LogP contribution in [-0.2, 0) is 0 Å². The van der Waals surface area contributed by atoms with Crippen molar-refractivity contribution in [2.75, 3.05) is 45.6 Å². The van der Waals surface area contributed by atoms with Gasteiger partial charge in [-0.2, -0.15) is 4.52 Å². The van der Waals surface area contributed by atoms with E-state index >= 15 is 0 Å². The number of hydrogen-bond donors (Lipinski definition) is 1. The molecule has 2 aromatic heterocycles. The number of nitrogens with zero attached hydrogens (tertiary/aromatic N) is 7. The molecule has 0 radical (unpaired) electrons. The number of piperazine rings is 1. The van der Waals surface area contributed by atoms with Crippen LogP contribution in [-0.4, -0.2) is 81.1 Å². The van der Waals surface area contributed by atoms with Crippen LogP contribution >= 0.6 is 0 Å². The van der Waals surface area contributed by atoms with Gasteiger partial charge in [0.1, 0.15) is 5.82 Å². The second-order valence-corrected chi connectivity index (χ2v) is 5.02. The first kappa shape index (κ1) is 12.2. The smallest absolute Gasteiger partial charge is 0.199 e. The summed E-state index contributed by atoms with van der Waals surface area (Å²) in [5, 5.41) is 14.9. The summed E-state index contributed by atoms with van der Waals surface area (Å²) in [7, 11) is 4.32. The first-order valence-corrected chi connectivity index (χ1v) is 6.39. The molecule has 0 aromatic carbocycles. The summed E-state index contributed by atoms with van der Waals surface area (Å²) in [6.07, 6.45) is 3.39. The summed E-state index contributed by atoms with van der Waals surface area (Å²) in [5.74, 6) is 0.823. The van der Waals surface area contributed by atoms with Crippen molar-refractivity contribution in [3.8, 4) is 0 Å². The fourth-order valence-electron chi connectivity index (χ4n) is 2.34. The highest BCUT2D eigenvalue weighted by Crippen LogP contribution is 2.09. The zero-order valence-corrected chi connectivity index (χ0v) is 11.2. The first-order chi connectivity index (χ1) is 9.24. The van der Waals surface area contributed by atoms with Gasteiger partial charge in [0.2, 0.25) is 0 Å². The number of fused-ring (bicyclic) bond motifs is 1. The summed E-state index contributed by atoms with van der Waals surface area (Å²) < 4.78 is 1.67. The Morgan fingerprint density at radius 2 is 2.21 bits per heavy atom. The van der Waals surface area contributed by atoms with Crippen LogP contribution < -0.4 is 5.32 Å². The van der Waals surface area contributed by atoms with Crippen LogP contribution in [0.3, 0.4) is 0 Å². The maximum absolute atomic E-state index is 4.13. The number of aromatic nitrogens is 5. The molecule has 1 aliphatic rings. The van der Waals surface area contributed by atoms with E-state index in [1.54, 1.807) is 16.9 Å². The van der Waals surface area contributed by atoms with E-state index in [1.165, 1.54) is 0 Å². The lowest BCUT2D eigenvalue weighted by Crippen LogP contribution is -2.52. The molecule has 8 nitrogen and oxygen atoms in total. The Morgan fingerprint density at radius 1 is 1.32 bits per heavy atom. The van der Waals surface area contributed by atoms with Crippen molar-refractivity contribution in [3.05, 3.63) is 12.4 Å². The van der Waals surface area contributed by atoms with Crippen molar-refractivity contribution in [2.24, 2.45) is 0 Å². The van der Waals surface area contributed by atoms with E-state index in [0.717, 1.165) is 32.0 Å². The number of tetrazole rings is 1. The van der Waals surface area contributed by atoms with Gasteiger partial charge >= 0.3 is 0 Å². The average molecular weight is 262 g/mol. The molecule has 0 bridgehead atoms. The molecule has 0 amide bonds. The molecule has 1 N–H and O–H groups in total. The lowest BCUT2D eigenvalue weighted by Gasteiger charge is -2.37. The van der Waals surface area contributed by atoms with Crippen LogP contribution in [0.4, 0.5) is 5.82 Å². The van der Waals surface area contributed by atoms with Crippen LogP contribution in [0.5, 0.6) is 0 Å². The van der Waals surface area contributed by atoms with Crippen LogP contribution in [0, 0.1) is 0 Å². The lowest BCUT2D eigenvalue weighted by molar-refractivity contribution is 0.122. The molecule has 8 heteroatoms. The van der Waals surface area contributed by atoms with E-state index < -0.39 is 0 Å². The zero-order chi connectivity index (χ0) is 13.2. The van der Waals surface area contributed by atoms with Crippen molar-refractivity contribution in [3.63, 3.8) is 0 Å². The number of likely N-dealkylation sites (N-methyl/N-ethyl adjacent to an activating group) is 2. The third-order valence-electron chi connectivity index (χ3n) is 3.61. The lowest BCUT2D eigenvalue weighted by atomic mass is 10.2. The molecular formula is C11H18N8. The van der Waals surface area contributed by atoms with E-state index in [2.05, 4.69) is 49.7 Å². The van der Waals surface area contributed by atoms with E-state index in [4.69, 9.17) is 0 Å². The molecule has 19 heavy (non-hydrogen) atoms. The predicted octanol–water partition coefficient (Wildman–Crippen LogP) is -0.823. The van der Waals surface area contributed by atoms with Gasteiger partial charge in [0.25, 0.3) is 0 Å². The first-order valence-electron chi connectivity index (χ1n) is 6.39.